The molecule has 0 heterocycles. The number of halogens is 1. The van der Waals surface area contributed by atoms with Gasteiger partial charge >= 0.3 is 0 Å². The Morgan fingerprint density at radius 2 is 2.14 bits per heavy atom. The van der Waals surface area contributed by atoms with Crippen LogP contribution in [0.4, 0.5) is 5.69 Å². The summed E-state index contributed by atoms with van der Waals surface area (Å²) in [5.41, 5.74) is -0.422. The molecule has 0 saturated heterocycles. The van der Waals surface area contributed by atoms with E-state index < -0.39 is 20.6 Å². The van der Waals surface area contributed by atoms with Gasteiger partial charge in [0.25, 0.3) is 5.69 Å². The number of hydrogen-bond acceptors (Lipinski definition) is 5. The van der Waals surface area contributed by atoms with Crippen LogP contribution in [-0.4, -0.2) is 44.4 Å². The van der Waals surface area contributed by atoms with Gasteiger partial charge in [0.05, 0.1) is 9.82 Å². The molecular formula is C12H16ClN3O4S. The molecule has 9 heteroatoms. The second-order valence-corrected chi connectivity index (χ2v) is 7.15. The molecule has 1 fully saturated rings. The Morgan fingerprint density at radius 1 is 1.48 bits per heavy atom. The van der Waals surface area contributed by atoms with Crippen LogP contribution >= 0.6 is 11.6 Å². The molecule has 1 aromatic carbocycles. The van der Waals surface area contributed by atoms with Gasteiger partial charge < -0.3 is 4.90 Å². The van der Waals surface area contributed by atoms with Crippen LogP contribution in [-0.2, 0) is 10.0 Å². The molecular weight excluding hydrogens is 318 g/mol. The van der Waals surface area contributed by atoms with E-state index in [1.54, 1.807) is 0 Å². The minimum atomic E-state index is -3.77. The molecule has 1 N–H and O–H groups in total. The number of nitrogens with one attached hydrogen (secondary N) is 1. The van der Waals surface area contributed by atoms with E-state index in [2.05, 4.69) is 9.62 Å². The topological polar surface area (TPSA) is 92.6 Å². The zero-order valence-corrected chi connectivity index (χ0v) is 13.0. The van der Waals surface area contributed by atoms with Crippen molar-refractivity contribution in [3.05, 3.63) is 33.3 Å². The Balaban J connectivity index is 2.04. The summed E-state index contributed by atoms with van der Waals surface area (Å²) < 4.78 is 26.6. The third kappa shape index (κ3) is 4.13. The molecule has 0 aromatic heterocycles. The van der Waals surface area contributed by atoms with Gasteiger partial charge in [-0.1, -0.05) is 11.6 Å². The summed E-state index contributed by atoms with van der Waals surface area (Å²) >= 11 is 5.67. The fourth-order valence-electron chi connectivity index (χ4n) is 1.94. The fraction of sp³-hybridized carbons (Fsp3) is 0.500. The van der Waals surface area contributed by atoms with Crippen molar-refractivity contribution >= 4 is 27.3 Å². The van der Waals surface area contributed by atoms with Crippen LogP contribution in [0, 0.1) is 10.1 Å². The first-order valence-electron chi connectivity index (χ1n) is 6.45. The minimum Gasteiger partial charge on any atom is -0.302 e. The molecule has 1 saturated carbocycles. The number of rotatable bonds is 7. The number of sulfonamides is 1. The number of benzene rings is 1. The zero-order chi connectivity index (χ0) is 15.6. The predicted octanol–water partition coefficient (Wildman–Crippen LogP) is 1.62. The van der Waals surface area contributed by atoms with E-state index >= 15 is 0 Å². The molecule has 0 bridgehead atoms. The van der Waals surface area contributed by atoms with Gasteiger partial charge in [0.15, 0.2) is 0 Å². The highest BCUT2D eigenvalue weighted by Crippen LogP contribution is 2.27. The smallest absolute Gasteiger partial charge is 0.289 e. The van der Waals surface area contributed by atoms with Gasteiger partial charge in [0, 0.05) is 25.2 Å². The fourth-order valence-corrected chi connectivity index (χ4v) is 3.16. The van der Waals surface area contributed by atoms with E-state index in [1.807, 2.05) is 7.05 Å². The molecule has 1 aromatic rings. The Hall–Kier alpha value is -1.22. The van der Waals surface area contributed by atoms with Gasteiger partial charge in [-0.15, -0.1) is 0 Å². The van der Waals surface area contributed by atoms with Gasteiger partial charge in [-0.2, -0.15) is 0 Å². The van der Waals surface area contributed by atoms with Crippen LogP contribution in [0.2, 0.25) is 5.02 Å². The molecule has 116 valence electrons. The van der Waals surface area contributed by atoms with Gasteiger partial charge in [-0.3, -0.25) is 10.1 Å². The SMILES string of the molecule is CN(CCNS(=O)(=O)c1ccc(Cl)c([N+](=O)[O-])c1)C1CC1. The zero-order valence-electron chi connectivity index (χ0n) is 11.5. The highest BCUT2D eigenvalue weighted by Gasteiger charge is 2.26. The predicted molar refractivity (Wildman–Crippen MR) is 78.9 cm³/mol. The molecule has 1 aliphatic carbocycles. The standard InChI is InChI=1S/C12H16ClN3O4S/c1-15(9-2-3-9)7-6-14-21(19,20)10-4-5-11(13)12(8-10)16(17)18/h4-5,8-9,14H,2-3,6-7H2,1H3. The molecule has 1 aliphatic rings. The van der Waals surface area contributed by atoms with Crippen molar-refractivity contribution in [3.8, 4) is 0 Å². The number of nitrogens with zero attached hydrogens (tertiary/aromatic N) is 2. The minimum absolute atomic E-state index is 0.0904. The number of likely N-dealkylation sites (N-methyl/N-ethyl adjacent to an activating group) is 1. The number of nitro benzene ring substituents is 1. The van der Waals surface area contributed by atoms with E-state index in [4.69, 9.17) is 11.6 Å². The van der Waals surface area contributed by atoms with Crippen LogP contribution in [0.1, 0.15) is 12.8 Å². The van der Waals surface area contributed by atoms with Crippen molar-refractivity contribution in [2.24, 2.45) is 0 Å². The lowest BCUT2D eigenvalue weighted by Gasteiger charge is -2.15. The molecule has 0 radical (unpaired) electrons. The average molecular weight is 334 g/mol. The average Bonchev–Trinajstić information content (AvgIpc) is 3.22. The van der Waals surface area contributed by atoms with Gasteiger partial charge in [0.2, 0.25) is 10.0 Å². The Morgan fingerprint density at radius 3 is 2.71 bits per heavy atom. The van der Waals surface area contributed by atoms with E-state index in [0.717, 1.165) is 18.9 Å². The molecule has 7 nitrogen and oxygen atoms in total. The monoisotopic (exact) mass is 333 g/mol. The van der Waals surface area contributed by atoms with Crippen LogP contribution < -0.4 is 4.72 Å². The summed E-state index contributed by atoms with van der Waals surface area (Å²) in [4.78, 5) is 12.0. The molecule has 0 unspecified atom stereocenters. The molecule has 0 spiro atoms. The lowest BCUT2D eigenvalue weighted by molar-refractivity contribution is -0.384. The third-order valence-electron chi connectivity index (χ3n) is 3.35. The number of hydrogen-bond donors (Lipinski definition) is 1. The second-order valence-electron chi connectivity index (χ2n) is 4.98. The highest BCUT2D eigenvalue weighted by molar-refractivity contribution is 7.89. The van der Waals surface area contributed by atoms with Gasteiger partial charge in [-0.25, -0.2) is 13.1 Å². The Kier molecular flexibility index (Phi) is 4.82. The maximum Gasteiger partial charge on any atom is 0.289 e. The lowest BCUT2D eigenvalue weighted by Crippen LogP contribution is -2.34. The van der Waals surface area contributed by atoms with Crippen molar-refractivity contribution in [2.75, 3.05) is 20.1 Å². The largest absolute Gasteiger partial charge is 0.302 e. The maximum absolute atomic E-state index is 12.1. The quantitative estimate of drug-likeness (QED) is 0.604. The highest BCUT2D eigenvalue weighted by atomic mass is 35.5. The van der Waals surface area contributed by atoms with Crippen LogP contribution in [0.25, 0.3) is 0 Å². The lowest BCUT2D eigenvalue weighted by atomic mass is 10.3. The van der Waals surface area contributed by atoms with Crippen molar-refractivity contribution in [1.29, 1.82) is 0 Å². The van der Waals surface area contributed by atoms with Crippen molar-refractivity contribution in [2.45, 2.75) is 23.8 Å². The van der Waals surface area contributed by atoms with E-state index in [1.165, 1.54) is 12.1 Å². The first kappa shape index (κ1) is 16.2. The summed E-state index contributed by atoms with van der Waals surface area (Å²) in [7, 11) is -1.83. The van der Waals surface area contributed by atoms with E-state index in [0.29, 0.717) is 12.6 Å². The second kappa shape index (κ2) is 6.27. The number of nitro groups is 1. The van der Waals surface area contributed by atoms with Gasteiger partial charge in [0.1, 0.15) is 5.02 Å². The molecule has 0 aliphatic heterocycles. The summed E-state index contributed by atoms with van der Waals surface area (Å²) in [6.07, 6.45) is 2.29. The molecule has 0 amide bonds. The summed E-state index contributed by atoms with van der Waals surface area (Å²) in [5, 5.41) is 10.7. The summed E-state index contributed by atoms with van der Waals surface area (Å²) in [5.74, 6) is 0. The molecule has 21 heavy (non-hydrogen) atoms. The van der Waals surface area contributed by atoms with Crippen molar-refractivity contribution < 1.29 is 13.3 Å². The van der Waals surface area contributed by atoms with E-state index in [-0.39, 0.29) is 16.5 Å². The van der Waals surface area contributed by atoms with Crippen LogP contribution in [0.15, 0.2) is 23.1 Å². The van der Waals surface area contributed by atoms with Gasteiger partial charge in [-0.05, 0) is 32.0 Å². The van der Waals surface area contributed by atoms with Crippen LogP contribution in [0.3, 0.4) is 0 Å². The summed E-state index contributed by atoms with van der Waals surface area (Å²) in [6.45, 7) is 0.853. The Bertz CT molecular complexity index is 646. The maximum atomic E-state index is 12.1. The van der Waals surface area contributed by atoms with Crippen molar-refractivity contribution in [3.63, 3.8) is 0 Å². The van der Waals surface area contributed by atoms with Crippen molar-refractivity contribution in [1.82, 2.24) is 9.62 Å². The molecule has 0 atom stereocenters. The third-order valence-corrected chi connectivity index (χ3v) is 5.13. The first-order valence-corrected chi connectivity index (χ1v) is 8.31. The normalized spacial score (nSPS) is 15.4. The first-order chi connectivity index (χ1) is 9.81. The summed E-state index contributed by atoms with van der Waals surface area (Å²) in [6, 6.07) is 3.98. The Labute approximate surface area is 128 Å². The van der Waals surface area contributed by atoms with E-state index in [9.17, 15) is 18.5 Å². The van der Waals surface area contributed by atoms with Crippen LogP contribution in [0.5, 0.6) is 0 Å². The molecule has 2 rings (SSSR count).